The first-order valence-electron chi connectivity index (χ1n) is 8.65. The number of hydrogen-bond acceptors (Lipinski definition) is 4. The van der Waals surface area contributed by atoms with E-state index in [0.29, 0.717) is 18.0 Å². The molecule has 6 heteroatoms. The molecule has 0 aliphatic carbocycles. The molecule has 0 saturated heterocycles. The fourth-order valence-electron chi connectivity index (χ4n) is 2.76. The van der Waals surface area contributed by atoms with Gasteiger partial charge in [0.15, 0.2) is 0 Å². The summed E-state index contributed by atoms with van der Waals surface area (Å²) in [6.45, 7) is 1.96. The summed E-state index contributed by atoms with van der Waals surface area (Å²) in [6, 6.07) is 19.3. The van der Waals surface area contributed by atoms with Crippen LogP contribution < -0.4 is 15.6 Å². The van der Waals surface area contributed by atoms with Gasteiger partial charge in [-0.3, -0.25) is 9.59 Å². The summed E-state index contributed by atoms with van der Waals surface area (Å²) in [5.41, 5.74) is 2.06. The Kier molecular flexibility index (Phi) is 5.66. The molecule has 0 aliphatic heterocycles. The lowest BCUT2D eigenvalue weighted by Crippen LogP contribution is -2.36. The maximum absolute atomic E-state index is 12.6. The molecule has 0 aliphatic rings. The highest BCUT2D eigenvalue weighted by Gasteiger charge is 2.18. The van der Waals surface area contributed by atoms with Crippen molar-refractivity contribution in [1.82, 2.24) is 15.1 Å². The highest BCUT2D eigenvalue weighted by Crippen LogP contribution is 2.18. The zero-order chi connectivity index (χ0) is 19.2. The molecule has 6 nitrogen and oxygen atoms in total. The fraction of sp³-hybridized carbons (Fsp3) is 0.190. The van der Waals surface area contributed by atoms with Gasteiger partial charge in [0.1, 0.15) is 11.8 Å². The van der Waals surface area contributed by atoms with E-state index in [4.69, 9.17) is 4.74 Å². The molecule has 0 bridgehead atoms. The molecule has 2 aromatic carbocycles. The third-order valence-corrected chi connectivity index (χ3v) is 4.29. The molecule has 0 radical (unpaired) electrons. The summed E-state index contributed by atoms with van der Waals surface area (Å²) in [5.74, 6) is 0.410. The molecule has 0 saturated carbocycles. The van der Waals surface area contributed by atoms with Gasteiger partial charge in [-0.2, -0.15) is 5.10 Å². The molecule has 1 amide bonds. The fourth-order valence-corrected chi connectivity index (χ4v) is 2.76. The first-order valence-corrected chi connectivity index (χ1v) is 8.65. The molecular weight excluding hydrogens is 342 g/mol. The van der Waals surface area contributed by atoms with Gasteiger partial charge in [-0.25, -0.2) is 4.68 Å². The van der Waals surface area contributed by atoms with E-state index in [1.165, 1.54) is 10.7 Å². The van der Waals surface area contributed by atoms with Crippen molar-refractivity contribution in [2.45, 2.75) is 19.5 Å². The van der Waals surface area contributed by atoms with Crippen molar-refractivity contribution >= 4 is 5.91 Å². The van der Waals surface area contributed by atoms with Gasteiger partial charge < -0.3 is 10.1 Å². The van der Waals surface area contributed by atoms with Crippen LogP contribution in [0.3, 0.4) is 0 Å². The minimum atomic E-state index is -0.740. The number of aromatic nitrogens is 2. The first kappa shape index (κ1) is 18.4. The van der Waals surface area contributed by atoms with Crippen molar-refractivity contribution < 1.29 is 9.53 Å². The maximum Gasteiger partial charge on any atom is 0.267 e. The van der Waals surface area contributed by atoms with E-state index >= 15 is 0 Å². The Bertz CT molecular complexity index is 983. The van der Waals surface area contributed by atoms with Gasteiger partial charge in [0.2, 0.25) is 5.91 Å². The predicted molar refractivity (Wildman–Crippen MR) is 103 cm³/mol. The number of nitrogens with one attached hydrogen (secondary N) is 1. The molecule has 138 valence electrons. The summed E-state index contributed by atoms with van der Waals surface area (Å²) in [7, 11) is 1.59. The number of nitrogens with zero attached hydrogens (tertiary/aromatic N) is 2. The zero-order valence-electron chi connectivity index (χ0n) is 15.3. The number of carbonyl (C=O) groups excluding carboxylic acids is 1. The summed E-state index contributed by atoms with van der Waals surface area (Å²) in [5, 5.41) is 7.21. The summed E-state index contributed by atoms with van der Waals surface area (Å²) in [4.78, 5) is 24.8. The van der Waals surface area contributed by atoms with Crippen LogP contribution in [-0.4, -0.2) is 22.8 Å². The molecule has 1 N–H and O–H groups in total. The van der Waals surface area contributed by atoms with Gasteiger partial charge in [0.25, 0.3) is 5.56 Å². The standard InChI is InChI=1S/C21H21N3O3/c1-15(21(26)22-14-17-10-6-7-11-19(17)27-2)24-20(25)13-12-18(23-24)16-8-4-3-5-9-16/h3-13,15H,14H2,1-2H3,(H,22,26). The van der Waals surface area contributed by atoms with Crippen molar-refractivity contribution in [2.24, 2.45) is 0 Å². The van der Waals surface area contributed by atoms with Crippen LogP contribution in [0.1, 0.15) is 18.5 Å². The summed E-state index contributed by atoms with van der Waals surface area (Å²) >= 11 is 0. The molecule has 1 heterocycles. The Morgan fingerprint density at radius 1 is 1.07 bits per heavy atom. The van der Waals surface area contributed by atoms with Gasteiger partial charge in [0.05, 0.1) is 12.8 Å². The van der Waals surface area contributed by atoms with E-state index in [2.05, 4.69) is 10.4 Å². The van der Waals surface area contributed by atoms with Crippen LogP contribution in [0, 0.1) is 0 Å². The maximum atomic E-state index is 12.6. The van der Waals surface area contributed by atoms with Crippen molar-refractivity contribution in [3.05, 3.63) is 82.6 Å². The number of ether oxygens (including phenoxy) is 1. The SMILES string of the molecule is COc1ccccc1CNC(=O)C(C)n1nc(-c2ccccc2)ccc1=O. The Morgan fingerprint density at radius 2 is 1.78 bits per heavy atom. The molecule has 1 atom stereocenters. The average Bonchev–Trinajstić information content (AvgIpc) is 2.72. The normalized spacial score (nSPS) is 11.6. The number of benzene rings is 2. The van der Waals surface area contributed by atoms with Crippen molar-refractivity contribution in [3.63, 3.8) is 0 Å². The lowest BCUT2D eigenvalue weighted by atomic mass is 10.1. The zero-order valence-corrected chi connectivity index (χ0v) is 15.3. The van der Waals surface area contributed by atoms with E-state index in [1.54, 1.807) is 20.1 Å². The number of carbonyl (C=O) groups is 1. The molecule has 3 aromatic rings. The third kappa shape index (κ3) is 4.23. The molecular formula is C21H21N3O3. The largest absolute Gasteiger partial charge is 0.496 e. The quantitative estimate of drug-likeness (QED) is 0.731. The van der Waals surface area contributed by atoms with Gasteiger partial charge in [-0.05, 0) is 19.1 Å². The van der Waals surface area contributed by atoms with Crippen molar-refractivity contribution in [1.29, 1.82) is 0 Å². The molecule has 1 aromatic heterocycles. The van der Waals surface area contributed by atoms with E-state index in [0.717, 1.165) is 11.1 Å². The molecule has 0 fully saturated rings. The number of amides is 1. The summed E-state index contributed by atoms with van der Waals surface area (Å²) < 4.78 is 6.50. The highest BCUT2D eigenvalue weighted by atomic mass is 16.5. The van der Waals surface area contributed by atoms with Crippen LogP contribution in [0.15, 0.2) is 71.5 Å². The monoisotopic (exact) mass is 363 g/mol. The second kappa shape index (κ2) is 8.31. The van der Waals surface area contributed by atoms with Gasteiger partial charge in [-0.1, -0.05) is 48.5 Å². The van der Waals surface area contributed by atoms with Crippen LogP contribution in [0.2, 0.25) is 0 Å². The van der Waals surface area contributed by atoms with Crippen LogP contribution in [0.4, 0.5) is 0 Å². The van der Waals surface area contributed by atoms with Crippen LogP contribution in [-0.2, 0) is 11.3 Å². The van der Waals surface area contributed by atoms with Crippen molar-refractivity contribution in [3.8, 4) is 17.0 Å². The topological polar surface area (TPSA) is 73.2 Å². The Hall–Kier alpha value is -3.41. The van der Waals surface area contributed by atoms with E-state index in [9.17, 15) is 9.59 Å². The number of rotatable bonds is 6. The molecule has 27 heavy (non-hydrogen) atoms. The van der Waals surface area contributed by atoms with Crippen LogP contribution in [0.5, 0.6) is 5.75 Å². The number of methoxy groups -OCH3 is 1. The highest BCUT2D eigenvalue weighted by molar-refractivity contribution is 5.79. The van der Waals surface area contributed by atoms with E-state index in [1.807, 2.05) is 54.6 Å². The van der Waals surface area contributed by atoms with E-state index < -0.39 is 6.04 Å². The number of para-hydroxylation sites is 1. The predicted octanol–water partition coefficient (Wildman–Crippen LogP) is 2.80. The van der Waals surface area contributed by atoms with E-state index in [-0.39, 0.29) is 11.5 Å². The molecule has 1 unspecified atom stereocenters. The lowest BCUT2D eigenvalue weighted by Gasteiger charge is -2.16. The first-order chi connectivity index (χ1) is 13.1. The second-order valence-electron chi connectivity index (χ2n) is 6.07. The lowest BCUT2D eigenvalue weighted by molar-refractivity contribution is -0.124. The minimum absolute atomic E-state index is 0.291. The van der Waals surface area contributed by atoms with Crippen molar-refractivity contribution in [2.75, 3.05) is 7.11 Å². The summed E-state index contributed by atoms with van der Waals surface area (Å²) in [6.07, 6.45) is 0. The van der Waals surface area contributed by atoms with Crippen LogP contribution in [0.25, 0.3) is 11.3 Å². The molecule has 3 rings (SSSR count). The minimum Gasteiger partial charge on any atom is -0.496 e. The van der Waals surface area contributed by atoms with Gasteiger partial charge >= 0.3 is 0 Å². The van der Waals surface area contributed by atoms with Gasteiger partial charge in [-0.15, -0.1) is 0 Å². The average molecular weight is 363 g/mol. The Labute approximate surface area is 157 Å². The second-order valence-corrected chi connectivity index (χ2v) is 6.07. The smallest absolute Gasteiger partial charge is 0.267 e. The van der Waals surface area contributed by atoms with Crippen LogP contribution >= 0.6 is 0 Å². The third-order valence-electron chi connectivity index (χ3n) is 4.29. The van der Waals surface area contributed by atoms with Gasteiger partial charge in [0, 0.05) is 23.7 Å². The number of hydrogen-bond donors (Lipinski definition) is 1. The Morgan fingerprint density at radius 3 is 2.52 bits per heavy atom. The Balaban J connectivity index is 1.77. The molecule has 0 spiro atoms.